The number of carbonyl (C=O) groups is 3. The summed E-state index contributed by atoms with van der Waals surface area (Å²) in [4.78, 5) is 35.9. The largest absolute Gasteiger partial charge is 0.481 e. The molecule has 0 aliphatic carbocycles. The fraction of sp³-hybridized carbons (Fsp3) is 0.812. The highest BCUT2D eigenvalue weighted by Gasteiger charge is 2.41. The van der Waals surface area contributed by atoms with E-state index in [0.717, 1.165) is 0 Å². The summed E-state index contributed by atoms with van der Waals surface area (Å²) in [6.45, 7) is 5.36. The van der Waals surface area contributed by atoms with Gasteiger partial charge in [0.1, 0.15) is 18.2 Å². The van der Waals surface area contributed by atoms with Crippen molar-refractivity contribution < 1.29 is 34.4 Å². The molecule has 25 heavy (non-hydrogen) atoms. The zero-order valence-electron chi connectivity index (χ0n) is 14.8. The van der Waals surface area contributed by atoms with Crippen molar-refractivity contribution in [2.45, 2.75) is 76.5 Å². The van der Waals surface area contributed by atoms with Crippen molar-refractivity contribution in [3.63, 3.8) is 0 Å². The summed E-state index contributed by atoms with van der Waals surface area (Å²) in [6, 6.07) is -2.45. The number of aliphatic hydroxyl groups is 2. The smallest absolute Gasteiger partial charge is 0.305 e. The van der Waals surface area contributed by atoms with Crippen molar-refractivity contribution >= 4 is 17.7 Å². The number of carbonyl (C=O) groups excluding carboxylic acids is 2. The third-order valence-electron chi connectivity index (χ3n) is 3.98. The van der Waals surface area contributed by atoms with Gasteiger partial charge in [-0.3, -0.25) is 14.4 Å². The number of hydrogen-bond donors (Lipinski definition) is 5. The van der Waals surface area contributed by atoms with E-state index >= 15 is 0 Å². The number of ether oxygens (including phenoxy) is 1. The van der Waals surface area contributed by atoms with Gasteiger partial charge in [-0.2, -0.15) is 0 Å². The van der Waals surface area contributed by atoms with Crippen molar-refractivity contribution in [3.8, 4) is 0 Å². The molecule has 9 nitrogen and oxygen atoms in total. The van der Waals surface area contributed by atoms with Crippen LogP contribution in [0.3, 0.4) is 0 Å². The van der Waals surface area contributed by atoms with Gasteiger partial charge in [0.25, 0.3) is 0 Å². The van der Waals surface area contributed by atoms with Crippen molar-refractivity contribution in [1.29, 1.82) is 0 Å². The second-order valence-corrected chi connectivity index (χ2v) is 6.48. The van der Waals surface area contributed by atoms with Crippen molar-refractivity contribution in [1.82, 2.24) is 10.6 Å². The minimum Gasteiger partial charge on any atom is -0.481 e. The molecule has 1 fully saturated rings. The van der Waals surface area contributed by atoms with Crippen LogP contribution in [-0.4, -0.2) is 76.0 Å². The number of nitrogens with one attached hydrogen (secondary N) is 2. The second kappa shape index (κ2) is 9.81. The van der Waals surface area contributed by atoms with Gasteiger partial charge in [0.2, 0.25) is 5.91 Å². The topological polar surface area (TPSA) is 145 Å². The first-order valence-corrected chi connectivity index (χ1v) is 8.47. The van der Waals surface area contributed by atoms with Gasteiger partial charge in [-0.1, -0.05) is 20.8 Å². The number of hydrogen-bond acceptors (Lipinski definition) is 7. The Bertz CT molecular complexity index is 483. The van der Waals surface area contributed by atoms with E-state index in [1.807, 2.05) is 0 Å². The Hall–Kier alpha value is -1.55. The first kappa shape index (κ1) is 21.5. The number of carboxylic acids is 1. The van der Waals surface area contributed by atoms with Crippen molar-refractivity contribution in [2.24, 2.45) is 0 Å². The van der Waals surface area contributed by atoms with E-state index in [-0.39, 0.29) is 19.1 Å². The van der Waals surface area contributed by atoms with Crippen LogP contribution >= 0.6 is 0 Å². The van der Waals surface area contributed by atoms with Gasteiger partial charge in [-0.15, -0.1) is 0 Å². The van der Waals surface area contributed by atoms with Crippen molar-refractivity contribution in [2.75, 3.05) is 6.61 Å². The van der Waals surface area contributed by atoms with Crippen LogP contribution in [0.15, 0.2) is 0 Å². The fourth-order valence-electron chi connectivity index (χ4n) is 2.70. The average molecular weight is 360 g/mol. The number of amides is 1. The maximum absolute atomic E-state index is 12.5. The molecule has 0 spiro atoms. The van der Waals surface area contributed by atoms with E-state index in [9.17, 15) is 24.6 Å². The summed E-state index contributed by atoms with van der Waals surface area (Å²) in [6.07, 6.45) is -3.23. The fourth-order valence-corrected chi connectivity index (χ4v) is 2.70. The van der Waals surface area contributed by atoms with Crippen LogP contribution in [0.1, 0.15) is 40.0 Å². The van der Waals surface area contributed by atoms with Gasteiger partial charge in [-0.25, -0.2) is 0 Å². The standard InChI is InChI=1S/C16H28N2O7/c1-4-10(19)14(23)13(15-11(20)5-6-25-15)18-16(24)9(7-12(21)22)17-8(2)3/h8-11,13,15,17,19-20H,4-7H2,1-3H3,(H,18,24)(H,21,22). The summed E-state index contributed by atoms with van der Waals surface area (Å²) in [5.74, 6) is -2.53. The molecule has 1 amide bonds. The lowest BCUT2D eigenvalue weighted by Gasteiger charge is -2.29. The molecule has 5 N–H and O–H groups in total. The van der Waals surface area contributed by atoms with Crippen LogP contribution in [0, 0.1) is 0 Å². The number of carboxylic acid groups (broad SMARTS) is 1. The molecule has 0 bridgehead atoms. The third kappa shape index (κ3) is 6.35. The zero-order chi connectivity index (χ0) is 19.1. The lowest BCUT2D eigenvalue weighted by atomic mass is 9.96. The van der Waals surface area contributed by atoms with Gasteiger partial charge in [0.15, 0.2) is 5.78 Å². The number of Topliss-reactive ketones (excluding diaryl/α,β-unsaturated/α-hetero) is 1. The Morgan fingerprint density at radius 1 is 1.28 bits per heavy atom. The number of aliphatic carboxylic acids is 1. The minimum absolute atomic E-state index is 0.150. The SMILES string of the molecule is CCC(O)C(=O)C(NC(=O)C(CC(=O)O)NC(C)C)C1OCCC1O. The number of aliphatic hydroxyl groups excluding tert-OH is 2. The molecule has 0 aromatic heterocycles. The first-order valence-electron chi connectivity index (χ1n) is 8.47. The summed E-state index contributed by atoms with van der Waals surface area (Å²) < 4.78 is 5.35. The van der Waals surface area contributed by atoms with Crippen LogP contribution in [0.4, 0.5) is 0 Å². The summed E-state index contributed by atoms with van der Waals surface area (Å²) in [7, 11) is 0. The van der Waals surface area contributed by atoms with Crippen LogP contribution in [-0.2, 0) is 19.1 Å². The molecule has 0 saturated carbocycles. The Morgan fingerprint density at radius 2 is 1.92 bits per heavy atom. The van der Waals surface area contributed by atoms with E-state index < -0.39 is 54.5 Å². The number of ketones is 1. The molecule has 0 aromatic carbocycles. The normalized spacial score (nSPS) is 23.9. The van der Waals surface area contributed by atoms with E-state index in [1.165, 1.54) is 0 Å². The molecule has 1 rings (SSSR count). The molecule has 144 valence electrons. The molecule has 1 aliphatic heterocycles. The van der Waals surface area contributed by atoms with Crippen LogP contribution < -0.4 is 10.6 Å². The highest BCUT2D eigenvalue weighted by atomic mass is 16.5. The summed E-state index contributed by atoms with van der Waals surface area (Å²) in [5.41, 5.74) is 0. The molecule has 1 heterocycles. The first-order chi connectivity index (χ1) is 11.7. The molecule has 5 unspecified atom stereocenters. The van der Waals surface area contributed by atoms with E-state index in [2.05, 4.69) is 10.6 Å². The predicted molar refractivity (Wildman–Crippen MR) is 87.9 cm³/mol. The molecule has 5 atom stereocenters. The molecule has 1 aliphatic rings. The van der Waals surface area contributed by atoms with E-state index in [0.29, 0.717) is 6.42 Å². The van der Waals surface area contributed by atoms with Gasteiger partial charge >= 0.3 is 5.97 Å². The Balaban J connectivity index is 2.95. The Morgan fingerprint density at radius 3 is 2.36 bits per heavy atom. The van der Waals surface area contributed by atoms with Crippen LogP contribution in [0.25, 0.3) is 0 Å². The third-order valence-corrected chi connectivity index (χ3v) is 3.98. The lowest BCUT2D eigenvalue weighted by molar-refractivity contribution is -0.142. The van der Waals surface area contributed by atoms with Gasteiger partial charge in [0, 0.05) is 12.6 Å². The maximum Gasteiger partial charge on any atom is 0.305 e. The highest BCUT2D eigenvalue weighted by Crippen LogP contribution is 2.19. The monoisotopic (exact) mass is 360 g/mol. The van der Waals surface area contributed by atoms with Crippen LogP contribution in [0.2, 0.25) is 0 Å². The molecule has 0 aromatic rings. The molecular weight excluding hydrogens is 332 g/mol. The minimum atomic E-state index is -1.31. The lowest BCUT2D eigenvalue weighted by Crippen LogP contribution is -2.59. The molecule has 9 heteroatoms. The van der Waals surface area contributed by atoms with Gasteiger partial charge < -0.3 is 30.7 Å². The van der Waals surface area contributed by atoms with Crippen LogP contribution in [0.5, 0.6) is 0 Å². The summed E-state index contributed by atoms with van der Waals surface area (Å²) in [5, 5.41) is 34.1. The van der Waals surface area contributed by atoms with Gasteiger partial charge in [0.05, 0.1) is 18.6 Å². The predicted octanol–water partition coefficient (Wildman–Crippen LogP) is -1.20. The van der Waals surface area contributed by atoms with Gasteiger partial charge in [-0.05, 0) is 12.8 Å². The number of rotatable bonds is 10. The average Bonchev–Trinajstić information content (AvgIpc) is 2.95. The van der Waals surface area contributed by atoms with E-state index in [4.69, 9.17) is 9.84 Å². The second-order valence-electron chi connectivity index (χ2n) is 6.48. The Kier molecular flexibility index (Phi) is 8.43. The molecule has 0 radical (unpaired) electrons. The highest BCUT2D eigenvalue weighted by molar-refractivity contribution is 5.94. The zero-order valence-corrected chi connectivity index (χ0v) is 14.8. The molecule has 1 saturated heterocycles. The van der Waals surface area contributed by atoms with E-state index in [1.54, 1.807) is 20.8 Å². The van der Waals surface area contributed by atoms with Crippen molar-refractivity contribution in [3.05, 3.63) is 0 Å². The maximum atomic E-state index is 12.5. The Labute approximate surface area is 146 Å². The summed E-state index contributed by atoms with van der Waals surface area (Å²) >= 11 is 0. The quantitative estimate of drug-likeness (QED) is 0.327. The molecular formula is C16H28N2O7.